The fraction of sp³-hybridized carbons (Fsp3) is 0.231. The molecule has 1 saturated heterocycles. The highest BCUT2D eigenvalue weighted by molar-refractivity contribution is 5.92. The van der Waals surface area contributed by atoms with Gasteiger partial charge in [-0.2, -0.15) is 5.26 Å². The minimum absolute atomic E-state index is 0.0654. The van der Waals surface area contributed by atoms with E-state index in [1.54, 1.807) is 29.2 Å². The van der Waals surface area contributed by atoms with E-state index < -0.39 is 0 Å². The second kappa shape index (κ2) is 4.63. The van der Waals surface area contributed by atoms with Crippen LogP contribution in [0.5, 0.6) is 0 Å². The Morgan fingerprint density at radius 2 is 2.00 bits per heavy atom. The van der Waals surface area contributed by atoms with Crippen LogP contribution in [0.3, 0.4) is 0 Å². The van der Waals surface area contributed by atoms with E-state index >= 15 is 0 Å². The number of rotatable bonds is 2. The summed E-state index contributed by atoms with van der Waals surface area (Å²) in [4.78, 5) is 13.3. The highest BCUT2D eigenvalue weighted by Crippen LogP contribution is 2.09. The van der Waals surface area contributed by atoms with Gasteiger partial charge in [-0.1, -0.05) is 12.1 Å². The monoisotopic (exact) mass is 212 g/mol. The predicted octanol–water partition coefficient (Wildman–Crippen LogP) is 1.80. The van der Waals surface area contributed by atoms with Crippen molar-refractivity contribution in [3.05, 3.63) is 41.5 Å². The molecule has 1 fully saturated rings. The first kappa shape index (κ1) is 10.4. The van der Waals surface area contributed by atoms with E-state index in [9.17, 15) is 4.79 Å². The van der Waals surface area contributed by atoms with Crippen molar-refractivity contribution in [3.8, 4) is 6.07 Å². The summed E-state index contributed by atoms with van der Waals surface area (Å²) < 4.78 is 0. The maximum Gasteiger partial charge on any atom is 0.246 e. The Hall–Kier alpha value is -2.08. The van der Waals surface area contributed by atoms with Gasteiger partial charge in [-0.25, -0.2) is 0 Å². The summed E-state index contributed by atoms with van der Waals surface area (Å²) in [5.74, 6) is 0.0654. The number of nitriles is 1. The van der Waals surface area contributed by atoms with E-state index in [4.69, 9.17) is 5.26 Å². The van der Waals surface area contributed by atoms with Crippen LogP contribution in [0.2, 0.25) is 0 Å². The molecule has 0 atom stereocenters. The van der Waals surface area contributed by atoms with Gasteiger partial charge in [0.05, 0.1) is 11.6 Å². The Morgan fingerprint density at radius 3 is 2.50 bits per heavy atom. The first-order chi connectivity index (χ1) is 7.79. The molecule has 0 bridgehead atoms. The van der Waals surface area contributed by atoms with Crippen LogP contribution < -0.4 is 0 Å². The third-order valence-electron chi connectivity index (χ3n) is 2.63. The molecule has 1 amide bonds. The van der Waals surface area contributed by atoms with E-state index in [0.717, 1.165) is 25.1 Å². The number of hydrogen-bond acceptors (Lipinski definition) is 2. The zero-order chi connectivity index (χ0) is 11.4. The fourth-order valence-corrected chi connectivity index (χ4v) is 1.48. The van der Waals surface area contributed by atoms with Gasteiger partial charge in [0.2, 0.25) is 5.91 Å². The van der Waals surface area contributed by atoms with Crippen LogP contribution in [0.25, 0.3) is 6.08 Å². The SMILES string of the molecule is N#Cc1ccc(/C=C/C(=O)N2CCC2)cc1. The lowest BCUT2D eigenvalue weighted by Gasteiger charge is -2.29. The lowest BCUT2D eigenvalue weighted by molar-refractivity contribution is -0.129. The van der Waals surface area contributed by atoms with Crippen molar-refractivity contribution in [2.45, 2.75) is 6.42 Å². The van der Waals surface area contributed by atoms with E-state index in [1.165, 1.54) is 0 Å². The van der Waals surface area contributed by atoms with Crippen molar-refractivity contribution in [1.29, 1.82) is 5.26 Å². The molecule has 0 N–H and O–H groups in total. The predicted molar refractivity (Wildman–Crippen MR) is 61.4 cm³/mol. The minimum Gasteiger partial charge on any atom is -0.339 e. The third-order valence-corrected chi connectivity index (χ3v) is 2.63. The summed E-state index contributed by atoms with van der Waals surface area (Å²) in [5, 5.41) is 8.63. The molecule has 0 radical (unpaired) electrons. The highest BCUT2D eigenvalue weighted by Gasteiger charge is 2.17. The molecule has 16 heavy (non-hydrogen) atoms. The third kappa shape index (κ3) is 2.29. The smallest absolute Gasteiger partial charge is 0.246 e. The average Bonchev–Trinajstić information content (AvgIpc) is 2.25. The quantitative estimate of drug-likeness (QED) is 0.702. The zero-order valence-corrected chi connectivity index (χ0v) is 8.89. The molecule has 1 aliphatic heterocycles. The summed E-state index contributed by atoms with van der Waals surface area (Å²) in [6.45, 7) is 1.74. The van der Waals surface area contributed by atoms with Gasteiger partial charge in [0.15, 0.2) is 0 Å². The molecule has 1 aromatic rings. The minimum atomic E-state index is 0.0654. The largest absolute Gasteiger partial charge is 0.339 e. The van der Waals surface area contributed by atoms with Crippen molar-refractivity contribution < 1.29 is 4.79 Å². The van der Waals surface area contributed by atoms with Crippen molar-refractivity contribution in [3.63, 3.8) is 0 Å². The molecule has 0 aliphatic carbocycles. The van der Waals surface area contributed by atoms with Crippen LogP contribution in [-0.4, -0.2) is 23.9 Å². The molecule has 0 aromatic heterocycles. The van der Waals surface area contributed by atoms with E-state index in [2.05, 4.69) is 6.07 Å². The molecule has 2 rings (SSSR count). The summed E-state index contributed by atoms with van der Waals surface area (Å²) in [5.41, 5.74) is 1.57. The van der Waals surface area contributed by atoms with Crippen LogP contribution in [0.15, 0.2) is 30.3 Å². The van der Waals surface area contributed by atoms with Gasteiger partial charge in [-0.15, -0.1) is 0 Å². The van der Waals surface area contributed by atoms with Gasteiger partial charge < -0.3 is 4.90 Å². The number of hydrogen-bond donors (Lipinski definition) is 0. The Balaban J connectivity index is 2.00. The molecular weight excluding hydrogens is 200 g/mol. The lowest BCUT2D eigenvalue weighted by Crippen LogP contribution is -2.40. The number of likely N-dealkylation sites (tertiary alicyclic amines) is 1. The van der Waals surface area contributed by atoms with Crippen LogP contribution >= 0.6 is 0 Å². The van der Waals surface area contributed by atoms with Gasteiger partial charge in [0.1, 0.15) is 0 Å². The first-order valence-corrected chi connectivity index (χ1v) is 5.27. The van der Waals surface area contributed by atoms with E-state index in [0.29, 0.717) is 5.56 Å². The van der Waals surface area contributed by atoms with Crippen molar-refractivity contribution in [2.24, 2.45) is 0 Å². The zero-order valence-electron chi connectivity index (χ0n) is 8.89. The number of carbonyl (C=O) groups is 1. The normalized spacial score (nSPS) is 14.6. The Kier molecular flexibility index (Phi) is 3.02. The fourth-order valence-electron chi connectivity index (χ4n) is 1.48. The van der Waals surface area contributed by atoms with Crippen molar-refractivity contribution in [1.82, 2.24) is 4.90 Å². The van der Waals surface area contributed by atoms with Gasteiger partial charge in [0.25, 0.3) is 0 Å². The van der Waals surface area contributed by atoms with Crippen LogP contribution in [0.1, 0.15) is 17.5 Å². The highest BCUT2D eigenvalue weighted by atomic mass is 16.2. The topological polar surface area (TPSA) is 44.1 Å². The summed E-state index contributed by atoms with van der Waals surface area (Å²) in [6, 6.07) is 9.21. The molecule has 3 heteroatoms. The lowest BCUT2D eigenvalue weighted by atomic mass is 10.1. The Bertz CT molecular complexity index is 450. The second-order valence-electron chi connectivity index (χ2n) is 3.75. The van der Waals surface area contributed by atoms with E-state index in [-0.39, 0.29) is 5.91 Å². The molecular formula is C13H12N2O. The standard InChI is InChI=1S/C13H12N2O/c14-10-12-4-2-11(3-5-12)6-7-13(16)15-8-1-9-15/h2-7H,1,8-9H2/b7-6+. The molecule has 0 spiro atoms. The Morgan fingerprint density at radius 1 is 1.31 bits per heavy atom. The number of amides is 1. The molecule has 1 aliphatic rings. The maximum atomic E-state index is 11.5. The van der Waals surface area contributed by atoms with Crippen LogP contribution in [0, 0.1) is 11.3 Å². The van der Waals surface area contributed by atoms with Gasteiger partial charge in [-0.3, -0.25) is 4.79 Å². The molecule has 1 aromatic carbocycles. The molecule has 3 nitrogen and oxygen atoms in total. The molecule has 0 unspecified atom stereocenters. The first-order valence-electron chi connectivity index (χ1n) is 5.27. The van der Waals surface area contributed by atoms with Crippen LogP contribution in [-0.2, 0) is 4.79 Å². The van der Waals surface area contributed by atoms with Gasteiger partial charge in [-0.05, 0) is 30.2 Å². The molecule has 0 saturated carbocycles. The number of nitrogens with zero attached hydrogens (tertiary/aromatic N) is 2. The maximum absolute atomic E-state index is 11.5. The second-order valence-corrected chi connectivity index (χ2v) is 3.75. The summed E-state index contributed by atoms with van der Waals surface area (Å²) in [7, 11) is 0. The van der Waals surface area contributed by atoms with E-state index in [1.807, 2.05) is 12.1 Å². The summed E-state index contributed by atoms with van der Waals surface area (Å²) in [6.07, 6.45) is 4.47. The Labute approximate surface area is 94.6 Å². The summed E-state index contributed by atoms with van der Waals surface area (Å²) >= 11 is 0. The number of carbonyl (C=O) groups excluding carboxylic acids is 1. The van der Waals surface area contributed by atoms with Gasteiger partial charge >= 0.3 is 0 Å². The van der Waals surface area contributed by atoms with Crippen molar-refractivity contribution >= 4 is 12.0 Å². The average molecular weight is 212 g/mol. The molecule has 1 heterocycles. The van der Waals surface area contributed by atoms with Crippen molar-refractivity contribution in [2.75, 3.05) is 13.1 Å². The van der Waals surface area contributed by atoms with Gasteiger partial charge in [0, 0.05) is 19.2 Å². The van der Waals surface area contributed by atoms with Crippen LogP contribution in [0.4, 0.5) is 0 Å². The number of benzene rings is 1. The molecule has 80 valence electrons.